The van der Waals surface area contributed by atoms with E-state index in [0.29, 0.717) is 11.7 Å². The van der Waals surface area contributed by atoms with Gasteiger partial charge in [0.15, 0.2) is 5.13 Å². The second-order valence-electron chi connectivity index (χ2n) is 6.47. The average Bonchev–Trinajstić information content (AvgIpc) is 3.23. The fourth-order valence-corrected chi connectivity index (χ4v) is 4.45. The predicted octanol–water partition coefficient (Wildman–Crippen LogP) is 1.26. The molecule has 2 heterocycles. The second-order valence-corrected chi connectivity index (χ2v) is 8.51. The highest BCUT2D eigenvalue weighted by molar-refractivity contribution is 7.72. The summed E-state index contributed by atoms with van der Waals surface area (Å²) in [5.74, 6) is -1.09. The molecule has 0 saturated heterocycles. The zero-order valence-corrected chi connectivity index (χ0v) is 16.2. The maximum atomic E-state index is 11.9. The molecule has 1 amide bonds. The molecule has 0 spiro atoms. The summed E-state index contributed by atoms with van der Waals surface area (Å²) >= 11 is 1.41. The van der Waals surface area contributed by atoms with Crippen LogP contribution in [0.2, 0.25) is 0 Å². The van der Waals surface area contributed by atoms with E-state index in [1.165, 1.54) is 18.3 Å². The quantitative estimate of drug-likeness (QED) is 0.261. The number of hydrogen-bond acceptors (Lipinski definition) is 8. The summed E-state index contributed by atoms with van der Waals surface area (Å²) in [6.07, 6.45) is 3.72. The molecule has 0 bridgehead atoms. The van der Waals surface area contributed by atoms with Crippen molar-refractivity contribution in [3.63, 3.8) is 0 Å². The van der Waals surface area contributed by atoms with Crippen LogP contribution in [-0.4, -0.2) is 40.0 Å². The van der Waals surface area contributed by atoms with Gasteiger partial charge in [-0.1, -0.05) is 17.4 Å². The number of aryl methyl sites for hydroxylation is 1. The molecule has 4 N–H and O–H groups in total. The Kier molecular flexibility index (Phi) is 5.44. The Morgan fingerprint density at radius 2 is 2.19 bits per heavy atom. The lowest BCUT2D eigenvalue weighted by Gasteiger charge is -2.24. The van der Waals surface area contributed by atoms with Gasteiger partial charge in [-0.15, -0.1) is 0 Å². The van der Waals surface area contributed by atoms with Crippen molar-refractivity contribution in [1.82, 2.24) is 20.2 Å². The fourth-order valence-electron chi connectivity index (χ4n) is 2.80. The van der Waals surface area contributed by atoms with Crippen LogP contribution >= 0.6 is 11.3 Å². The van der Waals surface area contributed by atoms with E-state index in [2.05, 4.69) is 10.1 Å². The molecule has 2 aromatic heterocycles. The lowest BCUT2D eigenvalue weighted by atomic mass is 9.88. The van der Waals surface area contributed by atoms with Crippen LogP contribution in [-0.2, 0) is 22.0 Å². The van der Waals surface area contributed by atoms with E-state index in [9.17, 15) is 13.2 Å². The average molecular weight is 409 g/mol. The van der Waals surface area contributed by atoms with Crippen LogP contribution in [0.5, 0.6) is 0 Å². The Morgan fingerprint density at radius 3 is 2.89 bits per heavy atom. The molecule has 1 aromatic carbocycles. The van der Waals surface area contributed by atoms with Crippen LogP contribution in [0.1, 0.15) is 13.3 Å². The lowest BCUT2D eigenvalue weighted by Crippen LogP contribution is -2.41. The maximum Gasteiger partial charge on any atom is 0.250 e. The van der Waals surface area contributed by atoms with Crippen LogP contribution < -0.4 is 11.2 Å². The van der Waals surface area contributed by atoms with Crippen LogP contribution in [0.15, 0.2) is 30.6 Å². The Morgan fingerprint density at radius 1 is 1.41 bits per heavy atom. The topological polar surface area (TPSA) is 140 Å². The summed E-state index contributed by atoms with van der Waals surface area (Å²) in [6.45, 7) is 1.82. The van der Waals surface area contributed by atoms with Crippen molar-refractivity contribution in [1.29, 1.82) is 0 Å². The Hall–Kier alpha value is -2.50. The zero-order chi connectivity index (χ0) is 19.6. The predicted molar refractivity (Wildman–Crippen MR) is 103 cm³/mol. The summed E-state index contributed by atoms with van der Waals surface area (Å²) in [6, 6.07) is 5.80. The fraction of sp³-hybridized carbons (Fsp3) is 0.312. The van der Waals surface area contributed by atoms with Crippen molar-refractivity contribution >= 4 is 43.3 Å². The van der Waals surface area contributed by atoms with Gasteiger partial charge in [-0.05, 0) is 31.0 Å². The van der Waals surface area contributed by atoms with Gasteiger partial charge in [-0.2, -0.15) is 5.10 Å². The molecular weight excluding hydrogens is 390 g/mol. The third-order valence-electron chi connectivity index (χ3n) is 4.39. The highest BCUT2D eigenvalue weighted by atomic mass is 32.2. The first-order valence-electron chi connectivity index (χ1n) is 8.06. The number of anilines is 1. The first-order chi connectivity index (χ1) is 12.8. The van der Waals surface area contributed by atoms with Gasteiger partial charge in [0, 0.05) is 18.3 Å². The van der Waals surface area contributed by atoms with E-state index >= 15 is 0 Å². The number of nitrogens with one attached hydrogen (secondary N) is 1. The number of fused-ring (bicyclic) bond motifs is 1. The van der Waals surface area contributed by atoms with E-state index < -0.39 is 22.0 Å². The highest BCUT2D eigenvalue weighted by Gasteiger charge is 2.34. The van der Waals surface area contributed by atoms with Gasteiger partial charge in [0.1, 0.15) is 10.7 Å². The molecule has 0 saturated carbocycles. The first kappa shape index (κ1) is 19.3. The second kappa shape index (κ2) is 7.62. The molecule has 0 aliphatic heterocycles. The molecule has 0 aliphatic rings. The summed E-state index contributed by atoms with van der Waals surface area (Å²) in [7, 11) is -2.77. The number of carbonyl (C=O) groups is 1. The molecular formula is C16H19N5O4S2. The van der Waals surface area contributed by atoms with Crippen molar-refractivity contribution in [3.05, 3.63) is 30.6 Å². The normalized spacial score (nSPS) is 13.7. The molecule has 27 heavy (non-hydrogen) atoms. The van der Waals surface area contributed by atoms with Crippen LogP contribution in [0.4, 0.5) is 5.13 Å². The molecule has 0 fully saturated rings. The van der Waals surface area contributed by atoms with E-state index in [4.69, 9.17) is 10.9 Å². The highest BCUT2D eigenvalue weighted by Crippen LogP contribution is 2.29. The van der Waals surface area contributed by atoms with Gasteiger partial charge < -0.3 is 5.73 Å². The number of nitrogens with two attached hydrogens (primary N) is 1. The molecule has 1 unspecified atom stereocenters. The van der Waals surface area contributed by atoms with Gasteiger partial charge in [-0.3, -0.25) is 14.7 Å². The number of aromatic nitrogens is 3. The van der Waals surface area contributed by atoms with Crippen LogP contribution in [0, 0.1) is 5.41 Å². The number of amides is 1. The number of hydroxylamine groups is 1. The SMILES string of the molecule is CC(CCn1cc(-c2ccc3nc(N)sc3c2)cn1)(C[SH](=O)=O)C(=O)NO. The van der Waals surface area contributed by atoms with Gasteiger partial charge in [0.2, 0.25) is 5.91 Å². The van der Waals surface area contributed by atoms with E-state index in [0.717, 1.165) is 21.3 Å². The summed E-state index contributed by atoms with van der Waals surface area (Å²) in [5, 5.41) is 13.7. The number of hydrogen-bond donors (Lipinski definition) is 4. The van der Waals surface area contributed by atoms with E-state index in [1.807, 2.05) is 24.4 Å². The Labute approximate surface area is 160 Å². The molecule has 3 aromatic rings. The van der Waals surface area contributed by atoms with Crippen LogP contribution in [0.25, 0.3) is 21.3 Å². The number of carbonyl (C=O) groups excluding carboxylic acids is 1. The minimum atomic E-state index is -2.77. The van der Waals surface area contributed by atoms with Crippen molar-refractivity contribution in [3.8, 4) is 11.1 Å². The number of thiol groups is 1. The number of nitrogens with zero attached hydrogens (tertiary/aromatic N) is 3. The number of thiazole rings is 1. The van der Waals surface area contributed by atoms with Gasteiger partial charge in [0.05, 0.1) is 27.6 Å². The molecule has 3 rings (SSSR count). The minimum absolute atomic E-state index is 0.203. The van der Waals surface area contributed by atoms with Crippen molar-refractivity contribution in [2.24, 2.45) is 5.41 Å². The molecule has 144 valence electrons. The molecule has 0 aliphatic carbocycles. The largest absolute Gasteiger partial charge is 0.375 e. The van der Waals surface area contributed by atoms with E-state index in [-0.39, 0.29) is 12.2 Å². The number of benzene rings is 1. The van der Waals surface area contributed by atoms with Gasteiger partial charge in [-0.25, -0.2) is 18.9 Å². The van der Waals surface area contributed by atoms with Crippen molar-refractivity contribution < 1.29 is 18.4 Å². The smallest absolute Gasteiger partial charge is 0.250 e. The lowest BCUT2D eigenvalue weighted by molar-refractivity contribution is -0.138. The summed E-state index contributed by atoms with van der Waals surface area (Å²) in [4.78, 5) is 16.1. The maximum absolute atomic E-state index is 11.9. The number of nitrogen functional groups attached to an aromatic ring is 1. The van der Waals surface area contributed by atoms with Crippen LogP contribution in [0.3, 0.4) is 0 Å². The van der Waals surface area contributed by atoms with Gasteiger partial charge in [0.25, 0.3) is 0 Å². The molecule has 11 heteroatoms. The zero-order valence-electron chi connectivity index (χ0n) is 14.5. The van der Waals surface area contributed by atoms with Gasteiger partial charge >= 0.3 is 0 Å². The third-order valence-corrected chi connectivity index (χ3v) is 6.20. The number of rotatable bonds is 7. The summed E-state index contributed by atoms with van der Waals surface area (Å²) in [5.41, 5.74) is 8.71. The van der Waals surface area contributed by atoms with Crippen molar-refractivity contribution in [2.45, 2.75) is 19.9 Å². The summed E-state index contributed by atoms with van der Waals surface area (Å²) < 4.78 is 24.8. The molecule has 1 atom stereocenters. The van der Waals surface area contributed by atoms with E-state index in [1.54, 1.807) is 16.4 Å². The monoisotopic (exact) mass is 409 g/mol. The Bertz CT molecular complexity index is 1050. The first-order valence-corrected chi connectivity index (χ1v) is 10.2. The minimum Gasteiger partial charge on any atom is -0.375 e. The standard InChI is InChI=1S/C16H19N5O4S2/c1-16(9-27(24)25,14(22)20-23)4-5-21-8-11(7-18-21)10-2-3-12-13(6-10)26-15(17)19-12/h2-3,6-8,23,27H,4-5,9H2,1H3,(H2,17,19)(H,20,22). The molecule has 0 radical (unpaired) electrons. The third kappa shape index (κ3) is 4.26. The Balaban J connectivity index is 1.77. The molecule has 9 nitrogen and oxygen atoms in total. The van der Waals surface area contributed by atoms with Crippen molar-refractivity contribution in [2.75, 3.05) is 11.5 Å².